The molecule has 0 N–H and O–H groups in total. The van der Waals surface area contributed by atoms with E-state index in [4.69, 9.17) is 9.47 Å². The third-order valence-corrected chi connectivity index (χ3v) is 15.0. The number of hydrogen-bond acceptors (Lipinski definition) is 3. The first kappa shape index (κ1) is 27.7. The van der Waals surface area contributed by atoms with E-state index in [9.17, 15) is 4.79 Å². The maximum Gasteiger partial charge on any atom is 0.157 e. The lowest BCUT2D eigenvalue weighted by molar-refractivity contribution is -0.247. The molecule has 0 radical (unpaired) electrons. The minimum absolute atomic E-state index is 0.0334. The Morgan fingerprint density at radius 3 is 2.34 bits per heavy atom. The predicted molar refractivity (Wildman–Crippen MR) is 154 cm³/mol. The fourth-order valence-corrected chi connectivity index (χ4v) is 12.7. The molecule has 216 valence electrons. The van der Waals surface area contributed by atoms with Crippen molar-refractivity contribution >= 4 is 5.78 Å². The van der Waals surface area contributed by atoms with Crippen molar-refractivity contribution in [2.45, 2.75) is 138 Å². The van der Waals surface area contributed by atoms with Crippen molar-refractivity contribution in [2.75, 3.05) is 13.2 Å². The second-order valence-electron chi connectivity index (χ2n) is 16.8. The van der Waals surface area contributed by atoms with Gasteiger partial charge in [0.15, 0.2) is 6.29 Å². The second-order valence-corrected chi connectivity index (χ2v) is 16.8. The number of fused-ring (bicyclic) bond motifs is 7. The molecular formula is C35H58O3. The van der Waals surface area contributed by atoms with Crippen LogP contribution in [0.1, 0.15) is 132 Å². The van der Waals surface area contributed by atoms with Crippen LogP contribution < -0.4 is 0 Å². The Bertz CT molecular complexity index is 918. The van der Waals surface area contributed by atoms with Gasteiger partial charge in [-0.05, 0) is 134 Å². The summed E-state index contributed by atoms with van der Waals surface area (Å²) in [5.41, 5.74) is 1.27. The lowest BCUT2D eigenvalue weighted by Gasteiger charge is -2.72. The van der Waals surface area contributed by atoms with Crippen molar-refractivity contribution in [3.05, 3.63) is 0 Å². The molecule has 3 heteroatoms. The third-order valence-electron chi connectivity index (χ3n) is 15.0. The van der Waals surface area contributed by atoms with Crippen LogP contribution in [0, 0.1) is 62.6 Å². The average molecular weight is 527 g/mol. The van der Waals surface area contributed by atoms with Crippen LogP contribution in [0.15, 0.2) is 0 Å². The monoisotopic (exact) mass is 526 g/mol. The Morgan fingerprint density at radius 2 is 1.63 bits per heavy atom. The molecule has 1 heterocycles. The van der Waals surface area contributed by atoms with Gasteiger partial charge in [-0.2, -0.15) is 0 Å². The highest BCUT2D eigenvalue weighted by Crippen LogP contribution is 2.77. The number of rotatable bonds is 4. The van der Waals surface area contributed by atoms with Gasteiger partial charge < -0.3 is 9.47 Å². The first-order valence-corrected chi connectivity index (χ1v) is 16.7. The first-order valence-electron chi connectivity index (χ1n) is 16.7. The van der Waals surface area contributed by atoms with E-state index in [0.717, 1.165) is 62.1 Å². The van der Waals surface area contributed by atoms with Crippen molar-refractivity contribution in [1.29, 1.82) is 0 Å². The van der Waals surface area contributed by atoms with E-state index in [1.807, 2.05) is 0 Å². The summed E-state index contributed by atoms with van der Waals surface area (Å²) in [6.45, 7) is 19.5. The summed E-state index contributed by atoms with van der Waals surface area (Å²) < 4.78 is 12.7. The van der Waals surface area contributed by atoms with Crippen LogP contribution in [-0.2, 0) is 14.3 Å². The van der Waals surface area contributed by atoms with Gasteiger partial charge in [0, 0.05) is 18.4 Å². The lowest BCUT2D eigenvalue weighted by atomic mass is 9.32. The summed E-state index contributed by atoms with van der Waals surface area (Å²) in [4.78, 5) is 13.1. The van der Waals surface area contributed by atoms with Crippen LogP contribution in [0.5, 0.6) is 0 Å². The molecule has 0 spiro atoms. The molecule has 0 amide bonds. The number of hydrogen-bond donors (Lipinski definition) is 0. The van der Waals surface area contributed by atoms with Gasteiger partial charge in [-0.25, -0.2) is 0 Å². The van der Waals surface area contributed by atoms with Crippen LogP contribution in [-0.4, -0.2) is 25.3 Å². The molecule has 1 unspecified atom stereocenters. The Kier molecular flexibility index (Phi) is 6.79. The van der Waals surface area contributed by atoms with Crippen molar-refractivity contribution in [1.82, 2.24) is 0 Å². The highest BCUT2D eigenvalue weighted by atomic mass is 16.7. The van der Waals surface area contributed by atoms with Crippen LogP contribution in [0.4, 0.5) is 0 Å². The largest absolute Gasteiger partial charge is 0.353 e. The van der Waals surface area contributed by atoms with Gasteiger partial charge in [0.2, 0.25) is 0 Å². The number of ether oxygens (including phenoxy) is 2. The SMILES string of the molecule is CC(C)[C@@H]1CC[C@]2(COC3CCCCO3)CC[C@]3(C)[C@H](CC[C@@H]4[C@@]5(C)CCC(=O)C(C)(C)[C@@H]5CC[C@]43C)[C@@H]12. The first-order chi connectivity index (χ1) is 17.9. The molecule has 0 aromatic carbocycles. The molecule has 0 aromatic heterocycles. The van der Waals surface area contributed by atoms with Gasteiger partial charge in [-0.1, -0.05) is 48.5 Å². The smallest absolute Gasteiger partial charge is 0.157 e. The van der Waals surface area contributed by atoms with Gasteiger partial charge in [-0.3, -0.25) is 4.79 Å². The van der Waals surface area contributed by atoms with Crippen LogP contribution >= 0.6 is 0 Å². The molecule has 1 saturated heterocycles. The van der Waals surface area contributed by atoms with Gasteiger partial charge in [0.1, 0.15) is 5.78 Å². The fraction of sp³-hybridized carbons (Fsp3) is 0.971. The van der Waals surface area contributed by atoms with Gasteiger partial charge >= 0.3 is 0 Å². The van der Waals surface area contributed by atoms with E-state index in [-0.39, 0.29) is 11.7 Å². The zero-order valence-corrected chi connectivity index (χ0v) is 25.9. The zero-order chi connectivity index (χ0) is 27.1. The van der Waals surface area contributed by atoms with E-state index in [1.54, 1.807) is 0 Å². The molecule has 3 nitrogen and oxygen atoms in total. The molecule has 10 atom stereocenters. The number of carbonyl (C=O) groups is 1. The minimum atomic E-state index is -0.152. The van der Waals surface area contributed by atoms with Crippen molar-refractivity contribution in [3.63, 3.8) is 0 Å². The molecular weight excluding hydrogens is 468 g/mol. The maximum absolute atomic E-state index is 13.1. The summed E-state index contributed by atoms with van der Waals surface area (Å²) in [5, 5.41) is 0. The van der Waals surface area contributed by atoms with E-state index in [1.165, 1.54) is 64.2 Å². The Hall–Kier alpha value is -0.410. The quantitative estimate of drug-likeness (QED) is 0.367. The van der Waals surface area contributed by atoms with Gasteiger partial charge in [-0.15, -0.1) is 0 Å². The summed E-state index contributed by atoms with van der Waals surface area (Å²) in [6.07, 6.45) is 16.3. The van der Waals surface area contributed by atoms with Crippen LogP contribution in [0.3, 0.4) is 0 Å². The van der Waals surface area contributed by atoms with E-state index >= 15 is 0 Å². The number of Topliss-reactive ketones (excluding diaryl/α,β-unsaturated/α-hetero) is 1. The molecule has 0 bridgehead atoms. The third kappa shape index (κ3) is 3.75. The molecule has 0 aromatic rings. The molecule has 1 aliphatic heterocycles. The summed E-state index contributed by atoms with van der Waals surface area (Å²) >= 11 is 0. The fourth-order valence-electron chi connectivity index (χ4n) is 12.7. The minimum Gasteiger partial charge on any atom is -0.353 e. The Labute approximate surface area is 234 Å². The maximum atomic E-state index is 13.1. The summed E-state index contributed by atoms with van der Waals surface area (Å²) in [7, 11) is 0. The number of ketones is 1. The molecule has 6 fully saturated rings. The van der Waals surface area contributed by atoms with E-state index in [2.05, 4.69) is 48.5 Å². The highest BCUT2D eigenvalue weighted by molar-refractivity contribution is 5.85. The molecule has 5 aliphatic carbocycles. The van der Waals surface area contributed by atoms with Crippen LogP contribution in [0.25, 0.3) is 0 Å². The normalized spacial score (nSPS) is 52.2. The standard InChI is InChI=1S/C35H58O3/c1-23(2)24-13-18-35(22-38-29-10-8-9-21-37-29)20-19-33(6)25(30(24)35)11-12-27-32(5)16-15-28(36)31(3,4)26(32)14-17-34(27,33)7/h23-27,29-30H,8-22H2,1-7H3/t24-,25+,26-,27+,29?,30+,32-,33+,34+,35+/m0/s1. The van der Waals surface area contributed by atoms with E-state index in [0.29, 0.717) is 33.4 Å². The highest BCUT2D eigenvalue weighted by Gasteiger charge is 2.71. The van der Waals surface area contributed by atoms with Gasteiger partial charge in [0.05, 0.1) is 6.61 Å². The lowest BCUT2D eigenvalue weighted by Crippen LogP contribution is -2.66. The van der Waals surface area contributed by atoms with Crippen molar-refractivity contribution in [2.24, 2.45) is 62.6 Å². The Morgan fingerprint density at radius 1 is 0.842 bits per heavy atom. The van der Waals surface area contributed by atoms with Gasteiger partial charge in [0.25, 0.3) is 0 Å². The number of carbonyl (C=O) groups excluding carboxylic acids is 1. The molecule has 38 heavy (non-hydrogen) atoms. The summed E-state index contributed by atoms with van der Waals surface area (Å²) in [6, 6.07) is 0. The molecule has 5 saturated carbocycles. The Balaban J connectivity index is 1.32. The van der Waals surface area contributed by atoms with Crippen molar-refractivity contribution in [3.8, 4) is 0 Å². The molecule has 6 rings (SSSR count). The van der Waals surface area contributed by atoms with Crippen LogP contribution in [0.2, 0.25) is 0 Å². The second kappa shape index (κ2) is 9.30. The predicted octanol–water partition coefficient (Wildman–Crippen LogP) is 8.84. The summed E-state index contributed by atoms with van der Waals surface area (Å²) in [5.74, 6) is 5.00. The topological polar surface area (TPSA) is 35.5 Å². The zero-order valence-electron chi connectivity index (χ0n) is 25.9. The van der Waals surface area contributed by atoms with Crippen molar-refractivity contribution < 1.29 is 14.3 Å². The molecule has 6 aliphatic rings. The average Bonchev–Trinajstić information content (AvgIpc) is 3.27. The van der Waals surface area contributed by atoms with E-state index < -0.39 is 0 Å².